The minimum Gasteiger partial charge on any atom is -0.352 e. The summed E-state index contributed by atoms with van der Waals surface area (Å²) in [5, 5.41) is 5.25. The number of anilines is 1. The highest BCUT2D eigenvalue weighted by Crippen LogP contribution is 2.13. The molecule has 0 unspecified atom stereocenters. The predicted molar refractivity (Wildman–Crippen MR) is 96.6 cm³/mol. The molecule has 1 heterocycles. The number of amides is 2. The number of nitrogens with zero attached hydrogens (tertiary/aromatic N) is 1. The molecular weight excluding hydrogens is 356 g/mol. The normalized spacial score (nSPS) is 11.0. The summed E-state index contributed by atoms with van der Waals surface area (Å²) in [6.45, 7) is 1.68. The molecule has 138 valence electrons. The van der Waals surface area contributed by atoms with Crippen molar-refractivity contribution >= 4 is 27.5 Å². The van der Waals surface area contributed by atoms with Crippen molar-refractivity contribution in [3.63, 3.8) is 0 Å². The zero-order valence-electron chi connectivity index (χ0n) is 14.2. The summed E-state index contributed by atoms with van der Waals surface area (Å²) < 4.78 is 26.8. The summed E-state index contributed by atoms with van der Waals surface area (Å²) in [5.41, 5.74) is 1.37. The van der Waals surface area contributed by atoms with Crippen LogP contribution in [0.1, 0.15) is 18.9 Å². The van der Waals surface area contributed by atoms with Crippen LogP contribution in [-0.4, -0.2) is 31.8 Å². The molecule has 1 aromatic carbocycles. The minimum absolute atomic E-state index is 0.0173. The van der Waals surface area contributed by atoms with Crippen LogP contribution in [0.5, 0.6) is 0 Å². The molecule has 0 saturated heterocycles. The first-order valence-electron chi connectivity index (χ1n) is 7.90. The molecule has 1 aromatic heterocycles. The molecule has 0 atom stereocenters. The fourth-order valence-electron chi connectivity index (χ4n) is 2.09. The van der Waals surface area contributed by atoms with Crippen molar-refractivity contribution < 1.29 is 18.0 Å². The Kier molecular flexibility index (Phi) is 6.81. The first-order chi connectivity index (χ1) is 12.4. The van der Waals surface area contributed by atoms with Crippen molar-refractivity contribution in [3.05, 3.63) is 54.4 Å². The van der Waals surface area contributed by atoms with E-state index in [1.165, 1.54) is 31.2 Å². The number of benzene rings is 1. The molecule has 0 aliphatic carbocycles. The van der Waals surface area contributed by atoms with Gasteiger partial charge in [0.05, 0.1) is 4.90 Å². The van der Waals surface area contributed by atoms with Crippen molar-refractivity contribution in [2.45, 2.75) is 24.8 Å². The number of nitrogens with one attached hydrogen (secondary N) is 3. The molecule has 0 fully saturated rings. The van der Waals surface area contributed by atoms with E-state index in [9.17, 15) is 18.0 Å². The zero-order chi connectivity index (χ0) is 19.0. The maximum Gasteiger partial charge on any atom is 0.240 e. The molecule has 3 N–H and O–H groups in total. The quantitative estimate of drug-likeness (QED) is 0.636. The van der Waals surface area contributed by atoms with E-state index in [0.29, 0.717) is 12.2 Å². The van der Waals surface area contributed by atoms with Gasteiger partial charge in [0.2, 0.25) is 21.8 Å². The van der Waals surface area contributed by atoms with Gasteiger partial charge < -0.3 is 10.6 Å². The van der Waals surface area contributed by atoms with Crippen LogP contribution in [0.4, 0.5) is 5.69 Å². The smallest absolute Gasteiger partial charge is 0.240 e. The monoisotopic (exact) mass is 376 g/mol. The van der Waals surface area contributed by atoms with Gasteiger partial charge in [-0.2, -0.15) is 0 Å². The van der Waals surface area contributed by atoms with Crippen LogP contribution in [0, 0.1) is 0 Å². The van der Waals surface area contributed by atoms with E-state index >= 15 is 0 Å². The first-order valence-corrected chi connectivity index (χ1v) is 9.38. The Morgan fingerprint density at radius 2 is 1.85 bits per heavy atom. The minimum atomic E-state index is -3.72. The van der Waals surface area contributed by atoms with Crippen molar-refractivity contribution in [1.82, 2.24) is 15.0 Å². The Hall–Kier alpha value is -2.78. The van der Waals surface area contributed by atoms with Gasteiger partial charge in [0, 0.05) is 44.5 Å². The van der Waals surface area contributed by atoms with E-state index < -0.39 is 10.0 Å². The number of rotatable bonds is 8. The summed E-state index contributed by atoms with van der Waals surface area (Å²) in [6, 6.07) is 9.37. The Balaban J connectivity index is 1.80. The summed E-state index contributed by atoms with van der Waals surface area (Å²) in [5.74, 6) is -0.506. The van der Waals surface area contributed by atoms with Gasteiger partial charge in [0.25, 0.3) is 0 Å². The van der Waals surface area contributed by atoms with E-state index in [-0.39, 0.29) is 29.7 Å². The Bertz CT molecular complexity index is 852. The second kappa shape index (κ2) is 9.07. The molecule has 0 aliphatic heterocycles. The zero-order valence-corrected chi connectivity index (χ0v) is 15.0. The Morgan fingerprint density at radius 3 is 2.46 bits per heavy atom. The molecule has 2 aromatic rings. The molecule has 0 aliphatic rings. The fraction of sp³-hybridized carbons (Fsp3) is 0.235. The number of sulfonamides is 1. The predicted octanol–water partition coefficient (Wildman–Crippen LogP) is 1.02. The van der Waals surface area contributed by atoms with Crippen LogP contribution in [0.15, 0.2) is 53.7 Å². The molecular formula is C17H20N4O4S. The topological polar surface area (TPSA) is 117 Å². The lowest BCUT2D eigenvalue weighted by molar-refractivity contribution is -0.121. The molecule has 26 heavy (non-hydrogen) atoms. The number of hydrogen-bond donors (Lipinski definition) is 3. The summed E-state index contributed by atoms with van der Waals surface area (Å²) >= 11 is 0. The lowest BCUT2D eigenvalue weighted by atomic mass is 10.3. The highest BCUT2D eigenvalue weighted by Gasteiger charge is 2.14. The Morgan fingerprint density at radius 1 is 1.12 bits per heavy atom. The lowest BCUT2D eigenvalue weighted by Crippen LogP contribution is -2.30. The second-order valence-corrected chi connectivity index (χ2v) is 7.26. The molecule has 0 radical (unpaired) electrons. The number of pyridine rings is 1. The van der Waals surface area contributed by atoms with Gasteiger partial charge in [-0.05, 0) is 35.9 Å². The third-order valence-electron chi connectivity index (χ3n) is 3.34. The van der Waals surface area contributed by atoms with E-state index in [2.05, 4.69) is 20.3 Å². The summed E-state index contributed by atoms with van der Waals surface area (Å²) in [6.07, 6.45) is 3.31. The first kappa shape index (κ1) is 19.5. The van der Waals surface area contributed by atoms with Gasteiger partial charge in [-0.3, -0.25) is 14.6 Å². The largest absolute Gasteiger partial charge is 0.352 e. The number of aromatic nitrogens is 1. The van der Waals surface area contributed by atoms with Gasteiger partial charge >= 0.3 is 0 Å². The van der Waals surface area contributed by atoms with E-state index in [1.54, 1.807) is 18.5 Å². The van der Waals surface area contributed by atoms with Crippen LogP contribution in [-0.2, 0) is 26.2 Å². The summed E-state index contributed by atoms with van der Waals surface area (Å²) in [7, 11) is -3.72. The fourth-order valence-corrected chi connectivity index (χ4v) is 3.13. The Labute approximate surface area is 152 Å². The molecule has 9 heteroatoms. The maximum absolute atomic E-state index is 12.2. The highest BCUT2D eigenvalue weighted by molar-refractivity contribution is 7.89. The van der Waals surface area contributed by atoms with Gasteiger partial charge in [-0.25, -0.2) is 13.1 Å². The van der Waals surface area contributed by atoms with Gasteiger partial charge in [0.15, 0.2) is 0 Å². The van der Waals surface area contributed by atoms with Crippen molar-refractivity contribution in [2.75, 3.05) is 11.9 Å². The van der Waals surface area contributed by atoms with Crippen LogP contribution < -0.4 is 15.4 Å². The SMILES string of the molecule is CC(=O)Nc1ccc(S(=O)(=O)NCCC(=O)NCc2cccnc2)cc1. The van der Waals surface area contributed by atoms with Crippen LogP contribution in [0.25, 0.3) is 0 Å². The van der Waals surface area contributed by atoms with Gasteiger partial charge in [0.1, 0.15) is 0 Å². The molecule has 2 amide bonds. The lowest BCUT2D eigenvalue weighted by Gasteiger charge is -2.08. The number of hydrogen-bond acceptors (Lipinski definition) is 5. The molecule has 8 nitrogen and oxygen atoms in total. The molecule has 0 bridgehead atoms. The van der Waals surface area contributed by atoms with Gasteiger partial charge in [-0.1, -0.05) is 6.07 Å². The standard InChI is InChI=1S/C17H20N4O4S/c1-13(22)21-15-4-6-16(7-5-15)26(24,25)20-10-8-17(23)19-12-14-3-2-9-18-11-14/h2-7,9,11,20H,8,10,12H2,1H3,(H,19,23)(H,21,22). The van der Waals surface area contributed by atoms with Crippen LogP contribution in [0.3, 0.4) is 0 Å². The van der Waals surface area contributed by atoms with Crippen LogP contribution in [0.2, 0.25) is 0 Å². The van der Waals surface area contributed by atoms with Crippen LogP contribution >= 0.6 is 0 Å². The molecule has 0 saturated carbocycles. The van der Waals surface area contributed by atoms with E-state index in [0.717, 1.165) is 5.56 Å². The van der Waals surface area contributed by atoms with E-state index in [4.69, 9.17) is 0 Å². The highest BCUT2D eigenvalue weighted by atomic mass is 32.2. The third kappa shape index (κ3) is 6.26. The maximum atomic E-state index is 12.2. The number of carbonyl (C=O) groups excluding carboxylic acids is 2. The molecule has 0 spiro atoms. The van der Waals surface area contributed by atoms with E-state index in [1.807, 2.05) is 6.07 Å². The van der Waals surface area contributed by atoms with Crippen molar-refractivity contribution in [3.8, 4) is 0 Å². The second-order valence-electron chi connectivity index (χ2n) is 5.49. The van der Waals surface area contributed by atoms with Crippen molar-refractivity contribution in [1.29, 1.82) is 0 Å². The average Bonchev–Trinajstić information content (AvgIpc) is 2.61. The van der Waals surface area contributed by atoms with Gasteiger partial charge in [-0.15, -0.1) is 0 Å². The molecule has 2 rings (SSSR count). The van der Waals surface area contributed by atoms with Crippen molar-refractivity contribution in [2.24, 2.45) is 0 Å². The summed E-state index contributed by atoms with van der Waals surface area (Å²) in [4.78, 5) is 26.7. The number of carbonyl (C=O) groups is 2. The third-order valence-corrected chi connectivity index (χ3v) is 4.82. The average molecular weight is 376 g/mol.